The van der Waals surface area contributed by atoms with Gasteiger partial charge in [-0.05, 0) is 37.6 Å². The molecule has 1 aromatic rings. The van der Waals surface area contributed by atoms with E-state index in [9.17, 15) is 9.59 Å². The standard InChI is InChI=1S/C15H18O4/c1-4-19-15(17)13(8-11(2)16)9-12-6-5-7-14(10-12)18-3/h5-7,9-10H,4,8H2,1-3H3/b13-9+. The van der Waals surface area contributed by atoms with E-state index in [1.807, 2.05) is 18.2 Å². The smallest absolute Gasteiger partial charge is 0.334 e. The second kappa shape index (κ2) is 7.36. The number of benzene rings is 1. The number of carbonyl (C=O) groups is 2. The molecule has 0 aliphatic rings. The van der Waals surface area contributed by atoms with Crippen LogP contribution in [0.3, 0.4) is 0 Å². The number of esters is 1. The van der Waals surface area contributed by atoms with Crippen LogP contribution in [0.25, 0.3) is 6.08 Å². The number of rotatable bonds is 6. The molecule has 0 unspecified atom stereocenters. The maximum Gasteiger partial charge on any atom is 0.334 e. The van der Waals surface area contributed by atoms with E-state index < -0.39 is 5.97 Å². The topological polar surface area (TPSA) is 52.6 Å². The summed E-state index contributed by atoms with van der Waals surface area (Å²) in [6, 6.07) is 7.26. The van der Waals surface area contributed by atoms with Gasteiger partial charge in [0, 0.05) is 12.0 Å². The first-order chi connectivity index (χ1) is 9.06. The quantitative estimate of drug-likeness (QED) is 0.584. The van der Waals surface area contributed by atoms with Gasteiger partial charge in [0.05, 0.1) is 13.7 Å². The SMILES string of the molecule is CCOC(=O)/C(=C/c1cccc(OC)c1)CC(C)=O. The Morgan fingerprint density at radius 3 is 2.63 bits per heavy atom. The average Bonchev–Trinajstić information content (AvgIpc) is 2.38. The maximum atomic E-state index is 11.8. The minimum atomic E-state index is -0.458. The second-order valence-electron chi connectivity index (χ2n) is 4.05. The van der Waals surface area contributed by atoms with Crippen LogP contribution in [0, 0.1) is 0 Å². The van der Waals surface area contributed by atoms with E-state index in [-0.39, 0.29) is 18.8 Å². The van der Waals surface area contributed by atoms with Gasteiger partial charge < -0.3 is 9.47 Å². The third-order valence-corrected chi connectivity index (χ3v) is 2.41. The molecule has 0 spiro atoms. The number of ketones is 1. The molecule has 0 atom stereocenters. The molecule has 1 aromatic carbocycles. The van der Waals surface area contributed by atoms with Crippen molar-refractivity contribution in [1.82, 2.24) is 0 Å². The predicted octanol–water partition coefficient (Wildman–Crippen LogP) is 2.62. The zero-order valence-corrected chi connectivity index (χ0v) is 11.4. The molecule has 0 saturated heterocycles. The molecule has 0 aliphatic heterocycles. The summed E-state index contributed by atoms with van der Waals surface area (Å²) >= 11 is 0. The molecule has 0 bridgehead atoms. The molecule has 0 radical (unpaired) electrons. The van der Waals surface area contributed by atoms with Crippen molar-refractivity contribution < 1.29 is 19.1 Å². The van der Waals surface area contributed by atoms with Gasteiger partial charge in [-0.3, -0.25) is 4.79 Å². The predicted molar refractivity (Wildman–Crippen MR) is 72.9 cm³/mol. The van der Waals surface area contributed by atoms with Crippen LogP contribution >= 0.6 is 0 Å². The Labute approximate surface area is 113 Å². The molecule has 4 nitrogen and oxygen atoms in total. The molecule has 0 heterocycles. The Bertz CT molecular complexity index is 489. The summed E-state index contributed by atoms with van der Waals surface area (Å²) in [6.45, 7) is 3.46. The molecule has 0 aliphatic carbocycles. The van der Waals surface area contributed by atoms with E-state index in [4.69, 9.17) is 9.47 Å². The highest BCUT2D eigenvalue weighted by atomic mass is 16.5. The van der Waals surface area contributed by atoms with E-state index in [1.165, 1.54) is 6.92 Å². The lowest BCUT2D eigenvalue weighted by Gasteiger charge is -2.06. The molecule has 4 heteroatoms. The van der Waals surface area contributed by atoms with Gasteiger partial charge >= 0.3 is 5.97 Å². The van der Waals surface area contributed by atoms with Crippen molar-refractivity contribution in [2.24, 2.45) is 0 Å². The highest BCUT2D eigenvalue weighted by molar-refractivity contribution is 5.99. The van der Waals surface area contributed by atoms with Gasteiger partial charge in [-0.15, -0.1) is 0 Å². The molecular weight excluding hydrogens is 244 g/mol. The number of Topliss-reactive ketones (excluding diaryl/α,β-unsaturated/α-hetero) is 1. The van der Waals surface area contributed by atoms with Crippen molar-refractivity contribution in [2.75, 3.05) is 13.7 Å². The van der Waals surface area contributed by atoms with Crippen molar-refractivity contribution in [1.29, 1.82) is 0 Å². The van der Waals surface area contributed by atoms with E-state index in [0.29, 0.717) is 11.3 Å². The normalized spacial score (nSPS) is 11.0. The van der Waals surface area contributed by atoms with Gasteiger partial charge in [-0.1, -0.05) is 12.1 Å². The number of hydrogen-bond donors (Lipinski definition) is 0. The number of ether oxygens (including phenoxy) is 2. The Hall–Kier alpha value is -2.10. The molecule has 0 fully saturated rings. The molecule has 0 amide bonds. The Morgan fingerprint density at radius 2 is 2.05 bits per heavy atom. The van der Waals surface area contributed by atoms with Crippen molar-refractivity contribution in [3.8, 4) is 5.75 Å². The van der Waals surface area contributed by atoms with Gasteiger partial charge in [0.25, 0.3) is 0 Å². The van der Waals surface area contributed by atoms with E-state index >= 15 is 0 Å². The fourth-order valence-corrected chi connectivity index (χ4v) is 1.61. The van der Waals surface area contributed by atoms with Crippen LogP contribution in [0.15, 0.2) is 29.8 Å². The van der Waals surface area contributed by atoms with Crippen molar-refractivity contribution in [2.45, 2.75) is 20.3 Å². The lowest BCUT2D eigenvalue weighted by Crippen LogP contribution is -2.10. The Morgan fingerprint density at radius 1 is 1.32 bits per heavy atom. The van der Waals surface area contributed by atoms with Gasteiger partial charge in [-0.2, -0.15) is 0 Å². The van der Waals surface area contributed by atoms with Crippen molar-refractivity contribution >= 4 is 17.8 Å². The molecule has 19 heavy (non-hydrogen) atoms. The first-order valence-corrected chi connectivity index (χ1v) is 6.08. The van der Waals surface area contributed by atoms with Crippen LogP contribution < -0.4 is 4.74 Å². The Kier molecular flexibility index (Phi) is 5.79. The summed E-state index contributed by atoms with van der Waals surface area (Å²) in [4.78, 5) is 23.0. The summed E-state index contributed by atoms with van der Waals surface area (Å²) in [7, 11) is 1.57. The molecule has 0 saturated carbocycles. The van der Waals surface area contributed by atoms with Crippen LogP contribution in [-0.2, 0) is 14.3 Å². The fraction of sp³-hybridized carbons (Fsp3) is 0.333. The zero-order valence-electron chi connectivity index (χ0n) is 11.4. The number of methoxy groups -OCH3 is 1. The minimum Gasteiger partial charge on any atom is -0.497 e. The van der Waals surface area contributed by atoms with Gasteiger partial charge in [0.2, 0.25) is 0 Å². The molecule has 0 aromatic heterocycles. The average molecular weight is 262 g/mol. The van der Waals surface area contributed by atoms with Gasteiger partial charge in [-0.25, -0.2) is 4.79 Å². The molecule has 0 N–H and O–H groups in total. The third kappa shape index (κ3) is 4.95. The first kappa shape index (κ1) is 15.0. The largest absolute Gasteiger partial charge is 0.497 e. The number of hydrogen-bond acceptors (Lipinski definition) is 4. The number of carbonyl (C=O) groups excluding carboxylic acids is 2. The summed E-state index contributed by atoms with van der Waals surface area (Å²) < 4.78 is 10.1. The van der Waals surface area contributed by atoms with Crippen LogP contribution in [0.5, 0.6) is 5.75 Å². The highest BCUT2D eigenvalue weighted by Gasteiger charge is 2.13. The van der Waals surface area contributed by atoms with Gasteiger partial charge in [0.15, 0.2) is 0 Å². The van der Waals surface area contributed by atoms with Crippen LogP contribution in [-0.4, -0.2) is 25.5 Å². The van der Waals surface area contributed by atoms with E-state index in [2.05, 4.69) is 0 Å². The Balaban J connectivity index is 3.03. The van der Waals surface area contributed by atoms with Gasteiger partial charge in [0.1, 0.15) is 11.5 Å². The third-order valence-electron chi connectivity index (χ3n) is 2.41. The monoisotopic (exact) mass is 262 g/mol. The maximum absolute atomic E-state index is 11.8. The highest BCUT2D eigenvalue weighted by Crippen LogP contribution is 2.17. The van der Waals surface area contributed by atoms with Crippen molar-refractivity contribution in [3.63, 3.8) is 0 Å². The fourth-order valence-electron chi connectivity index (χ4n) is 1.61. The zero-order chi connectivity index (χ0) is 14.3. The van der Waals surface area contributed by atoms with Crippen LogP contribution in [0.2, 0.25) is 0 Å². The minimum absolute atomic E-state index is 0.0655. The van der Waals surface area contributed by atoms with E-state index in [1.54, 1.807) is 26.2 Å². The van der Waals surface area contributed by atoms with Crippen molar-refractivity contribution in [3.05, 3.63) is 35.4 Å². The summed E-state index contributed by atoms with van der Waals surface area (Å²) in [5.41, 5.74) is 1.14. The summed E-state index contributed by atoms with van der Waals surface area (Å²) in [5, 5.41) is 0. The van der Waals surface area contributed by atoms with Crippen LogP contribution in [0.1, 0.15) is 25.8 Å². The second-order valence-corrected chi connectivity index (χ2v) is 4.05. The molecule has 102 valence electrons. The lowest BCUT2D eigenvalue weighted by atomic mass is 10.1. The lowest BCUT2D eigenvalue weighted by molar-refractivity contribution is -0.139. The molecule has 1 rings (SSSR count). The first-order valence-electron chi connectivity index (χ1n) is 6.08. The van der Waals surface area contributed by atoms with E-state index in [0.717, 1.165) is 5.56 Å². The summed E-state index contributed by atoms with van der Waals surface area (Å²) in [6.07, 6.45) is 1.72. The summed E-state index contributed by atoms with van der Waals surface area (Å²) in [5.74, 6) is 0.155. The van der Waals surface area contributed by atoms with Crippen LogP contribution in [0.4, 0.5) is 0 Å². The molecular formula is C15H18O4.